The fraction of sp³-hybridized carbons (Fsp3) is 0.786. The Bertz CT molecular complexity index is 1240. The number of rotatable bonds is 1. The molecule has 33 heavy (non-hydrogen) atoms. The first kappa shape index (κ1) is 21.7. The summed E-state index contributed by atoms with van der Waals surface area (Å²) in [6, 6.07) is -0.205. The second kappa shape index (κ2) is 5.71. The summed E-state index contributed by atoms with van der Waals surface area (Å²) in [6.07, 6.45) is 10.2. The van der Waals surface area contributed by atoms with Gasteiger partial charge in [0, 0.05) is 17.4 Å². The minimum absolute atomic E-state index is 0.00506. The number of allylic oxidation sites excluding steroid dienone is 4. The van der Waals surface area contributed by atoms with E-state index in [0.29, 0.717) is 5.92 Å². The van der Waals surface area contributed by atoms with Crippen LogP contribution in [-0.2, 0) is 0 Å². The Balaban J connectivity index is 1.57. The lowest BCUT2D eigenvalue weighted by Crippen LogP contribution is -2.64. The van der Waals surface area contributed by atoms with Crippen molar-refractivity contribution in [2.75, 3.05) is 0 Å². The summed E-state index contributed by atoms with van der Waals surface area (Å²) in [6.45, 7) is 20.7. The van der Waals surface area contributed by atoms with E-state index in [1.54, 1.807) is 4.57 Å². The third kappa shape index (κ3) is 2.13. The summed E-state index contributed by atoms with van der Waals surface area (Å²) < 4.78 is 5.39. The van der Waals surface area contributed by atoms with Crippen LogP contribution >= 0.6 is 0 Å². The minimum Gasteiger partial charge on any atom is -0.246 e. The smallest absolute Gasteiger partial charge is 0.246 e. The van der Waals surface area contributed by atoms with Crippen molar-refractivity contribution in [2.45, 2.75) is 99.7 Å². The molecule has 0 radical (unpaired) electrons. The van der Waals surface area contributed by atoms with Crippen molar-refractivity contribution in [1.82, 2.24) is 13.9 Å². The van der Waals surface area contributed by atoms with E-state index in [0.717, 1.165) is 12.8 Å². The second-order valence-electron chi connectivity index (χ2n) is 14.6. The fourth-order valence-corrected chi connectivity index (χ4v) is 8.97. The van der Waals surface area contributed by atoms with Crippen LogP contribution < -0.4 is 11.4 Å². The molecule has 2 fully saturated rings. The van der Waals surface area contributed by atoms with E-state index in [-0.39, 0.29) is 62.5 Å². The van der Waals surface area contributed by atoms with Crippen LogP contribution in [-0.4, -0.2) is 13.9 Å². The van der Waals surface area contributed by atoms with Crippen molar-refractivity contribution < 1.29 is 0 Å². The van der Waals surface area contributed by atoms with Crippen LogP contribution in [0.4, 0.5) is 0 Å². The molecular formula is C28H41N3O2. The predicted octanol–water partition coefficient (Wildman–Crippen LogP) is 5.50. The first-order chi connectivity index (χ1) is 15.1. The SMILES string of the molecule is CC(C)(C)C1=C[C@]2(C(C)(C)C)[C@H]1[C@H]1C=C[C@H]2n2c(=O)n([C@H]3C[C@H]4CC[C@@]3(C)C4(C)C)c(=O)n21. The maximum absolute atomic E-state index is 14.1. The first-order valence-corrected chi connectivity index (χ1v) is 13.0. The van der Waals surface area contributed by atoms with Crippen molar-refractivity contribution in [3.05, 3.63) is 44.8 Å². The van der Waals surface area contributed by atoms with Gasteiger partial charge < -0.3 is 0 Å². The van der Waals surface area contributed by atoms with E-state index >= 15 is 0 Å². The summed E-state index contributed by atoms with van der Waals surface area (Å²) in [5, 5.41) is 0. The zero-order chi connectivity index (χ0) is 24.1. The van der Waals surface area contributed by atoms with Gasteiger partial charge in [0.25, 0.3) is 0 Å². The van der Waals surface area contributed by atoms with E-state index in [2.05, 4.69) is 80.5 Å². The summed E-state index contributed by atoms with van der Waals surface area (Å²) in [5.41, 5.74) is 1.28. The standard InChI is InChI=1S/C28H41N3O2/c1-24(2,3)17-15-28(25(4,5)6)19-11-10-18(21(17)28)30-22(32)29(23(33)31(19)30)20-14-16-12-13-27(20,9)26(16,7)8/h10-11,15-16,18-21H,12-14H2,1-9H3/t16-,18-,19-,20+,21-,27-,28-/m1/s1. The maximum atomic E-state index is 14.1. The van der Waals surface area contributed by atoms with Gasteiger partial charge in [0.1, 0.15) is 0 Å². The molecule has 3 heterocycles. The molecule has 7 rings (SSSR count). The van der Waals surface area contributed by atoms with Crippen LogP contribution in [0.3, 0.4) is 0 Å². The third-order valence-electron chi connectivity index (χ3n) is 11.4. The molecule has 5 nitrogen and oxygen atoms in total. The van der Waals surface area contributed by atoms with E-state index in [9.17, 15) is 9.59 Å². The van der Waals surface area contributed by atoms with Gasteiger partial charge in [-0.1, -0.05) is 86.1 Å². The molecule has 5 heteroatoms. The van der Waals surface area contributed by atoms with Crippen molar-refractivity contribution >= 4 is 0 Å². The van der Waals surface area contributed by atoms with Crippen LogP contribution in [0.25, 0.3) is 0 Å². The lowest BCUT2D eigenvalue weighted by molar-refractivity contribution is -0.0653. The Morgan fingerprint density at radius 3 is 2.09 bits per heavy atom. The van der Waals surface area contributed by atoms with Crippen molar-refractivity contribution in [1.29, 1.82) is 0 Å². The molecule has 2 aliphatic heterocycles. The van der Waals surface area contributed by atoms with E-state index in [4.69, 9.17) is 0 Å². The zero-order valence-electron chi connectivity index (χ0n) is 21.9. The zero-order valence-corrected chi connectivity index (χ0v) is 21.9. The van der Waals surface area contributed by atoms with Crippen LogP contribution in [0.15, 0.2) is 33.4 Å². The normalized spacial score (nSPS) is 42.2. The fourth-order valence-electron chi connectivity index (χ4n) is 8.97. The average molecular weight is 452 g/mol. The Morgan fingerprint density at radius 2 is 1.58 bits per heavy atom. The molecule has 0 N–H and O–H groups in total. The molecule has 0 saturated heterocycles. The highest BCUT2D eigenvalue weighted by Crippen LogP contribution is 2.72. The predicted molar refractivity (Wildman–Crippen MR) is 131 cm³/mol. The Kier molecular flexibility index (Phi) is 3.76. The van der Waals surface area contributed by atoms with Gasteiger partial charge in [-0.05, 0) is 46.8 Å². The second-order valence-corrected chi connectivity index (χ2v) is 14.6. The molecule has 0 spiro atoms. The van der Waals surface area contributed by atoms with Gasteiger partial charge >= 0.3 is 11.4 Å². The summed E-state index contributed by atoms with van der Waals surface area (Å²) in [7, 11) is 0. The maximum Gasteiger partial charge on any atom is 0.348 e. The van der Waals surface area contributed by atoms with Gasteiger partial charge in [-0.3, -0.25) is 0 Å². The van der Waals surface area contributed by atoms with Gasteiger partial charge in [0.15, 0.2) is 0 Å². The van der Waals surface area contributed by atoms with Crippen molar-refractivity contribution in [3.63, 3.8) is 0 Å². The average Bonchev–Trinajstić information content (AvgIpc) is 3.11. The highest BCUT2D eigenvalue weighted by atomic mass is 16.2. The van der Waals surface area contributed by atoms with Gasteiger partial charge in [-0.25, -0.2) is 23.5 Å². The molecule has 1 aromatic rings. The molecule has 1 aromatic heterocycles. The van der Waals surface area contributed by atoms with E-state index < -0.39 is 0 Å². The minimum atomic E-state index is -0.144. The first-order valence-electron chi connectivity index (χ1n) is 13.0. The molecule has 0 amide bonds. The molecule has 0 aromatic carbocycles. The van der Waals surface area contributed by atoms with Gasteiger partial charge in [-0.2, -0.15) is 0 Å². The lowest BCUT2D eigenvalue weighted by atomic mass is 9.41. The number of nitrogens with zero attached hydrogens (tertiary/aromatic N) is 3. The number of fused-ring (bicyclic) bond motifs is 2. The third-order valence-corrected chi connectivity index (χ3v) is 11.4. The number of hydrogen-bond donors (Lipinski definition) is 0. The van der Waals surface area contributed by atoms with Gasteiger partial charge in [0.2, 0.25) is 0 Å². The topological polar surface area (TPSA) is 48.9 Å². The summed E-state index contributed by atoms with van der Waals surface area (Å²) in [5.74, 6) is 0.842. The molecule has 0 unspecified atom stereocenters. The monoisotopic (exact) mass is 451 g/mol. The van der Waals surface area contributed by atoms with Crippen molar-refractivity contribution in [3.8, 4) is 0 Å². The number of aromatic nitrogens is 3. The lowest BCUT2D eigenvalue weighted by Gasteiger charge is -2.66. The molecule has 4 bridgehead atoms. The highest BCUT2D eigenvalue weighted by Gasteiger charge is 2.68. The Labute approximate surface area is 197 Å². The van der Waals surface area contributed by atoms with E-state index in [1.165, 1.54) is 12.0 Å². The summed E-state index contributed by atoms with van der Waals surface area (Å²) in [4.78, 5) is 28.2. The molecule has 7 atom stereocenters. The molecule has 4 aliphatic carbocycles. The van der Waals surface area contributed by atoms with Gasteiger partial charge in [0.05, 0.1) is 12.1 Å². The Hall–Kier alpha value is -1.78. The van der Waals surface area contributed by atoms with Crippen LogP contribution in [0.5, 0.6) is 0 Å². The largest absolute Gasteiger partial charge is 0.348 e. The van der Waals surface area contributed by atoms with E-state index in [1.807, 2.05) is 9.36 Å². The van der Waals surface area contributed by atoms with Gasteiger partial charge in [-0.15, -0.1) is 0 Å². The van der Waals surface area contributed by atoms with Crippen LogP contribution in [0.1, 0.15) is 99.7 Å². The highest BCUT2D eigenvalue weighted by molar-refractivity contribution is 5.44. The Morgan fingerprint density at radius 1 is 0.939 bits per heavy atom. The van der Waals surface area contributed by atoms with Crippen LogP contribution in [0, 0.1) is 38.9 Å². The van der Waals surface area contributed by atoms with Crippen molar-refractivity contribution in [2.24, 2.45) is 38.9 Å². The molecular weight excluding hydrogens is 410 g/mol. The quantitative estimate of drug-likeness (QED) is 0.530. The molecule has 2 saturated carbocycles. The van der Waals surface area contributed by atoms with Crippen LogP contribution in [0.2, 0.25) is 0 Å². The summed E-state index contributed by atoms with van der Waals surface area (Å²) >= 11 is 0. The number of hydrogen-bond acceptors (Lipinski definition) is 2. The molecule has 180 valence electrons. The molecule has 6 aliphatic rings.